The summed E-state index contributed by atoms with van der Waals surface area (Å²) in [7, 11) is 0. The molecule has 1 heterocycles. The second kappa shape index (κ2) is 5.39. The Bertz CT molecular complexity index is 687. The molecule has 8 heteroatoms. The van der Waals surface area contributed by atoms with Crippen LogP contribution in [0, 0.1) is 0 Å². The first-order valence-electron chi connectivity index (χ1n) is 6.30. The lowest BCUT2D eigenvalue weighted by atomic mass is 10.2. The van der Waals surface area contributed by atoms with Crippen molar-refractivity contribution in [2.75, 3.05) is 5.32 Å². The zero-order valence-electron chi connectivity index (χ0n) is 12.0. The number of nitrogens with zero attached hydrogens (tertiary/aromatic N) is 3. The molecule has 1 amide bonds. The summed E-state index contributed by atoms with van der Waals surface area (Å²) in [6.07, 6.45) is -0.570. The van der Waals surface area contributed by atoms with Crippen molar-refractivity contribution in [1.29, 1.82) is 0 Å². The van der Waals surface area contributed by atoms with Gasteiger partial charge >= 0.3 is 12.1 Å². The van der Waals surface area contributed by atoms with Gasteiger partial charge in [-0.3, -0.25) is 10.1 Å². The fourth-order valence-electron chi connectivity index (χ4n) is 1.72. The summed E-state index contributed by atoms with van der Waals surface area (Å²) in [6, 6.07) is 4.88. The van der Waals surface area contributed by atoms with Crippen LogP contribution in [-0.4, -0.2) is 37.8 Å². The van der Waals surface area contributed by atoms with E-state index in [4.69, 9.17) is 9.84 Å². The first kappa shape index (κ1) is 14.8. The van der Waals surface area contributed by atoms with Gasteiger partial charge < -0.3 is 9.84 Å². The zero-order chi connectivity index (χ0) is 15.6. The summed E-state index contributed by atoms with van der Waals surface area (Å²) in [4.78, 5) is 22.4. The van der Waals surface area contributed by atoms with Crippen LogP contribution in [0.15, 0.2) is 18.2 Å². The Kier molecular flexibility index (Phi) is 3.79. The maximum Gasteiger partial charge on any atom is 0.412 e. The largest absolute Gasteiger partial charge is 0.480 e. The number of nitrogens with one attached hydrogen (secondary N) is 1. The van der Waals surface area contributed by atoms with Gasteiger partial charge in [0.15, 0.2) is 0 Å². The third kappa shape index (κ3) is 3.91. The van der Waals surface area contributed by atoms with Crippen molar-refractivity contribution in [2.24, 2.45) is 0 Å². The maximum absolute atomic E-state index is 11.7. The number of fused-ring (bicyclic) bond motifs is 1. The van der Waals surface area contributed by atoms with Gasteiger partial charge in [0.2, 0.25) is 0 Å². The van der Waals surface area contributed by atoms with Crippen LogP contribution in [0.3, 0.4) is 0 Å². The van der Waals surface area contributed by atoms with Crippen molar-refractivity contribution in [3.8, 4) is 0 Å². The quantitative estimate of drug-likeness (QED) is 0.894. The number of carbonyl (C=O) groups excluding carboxylic acids is 1. The SMILES string of the molecule is CC(C)(C)OC(=O)Nc1ccc2c(c1)nnn2CC(=O)O. The van der Waals surface area contributed by atoms with E-state index < -0.39 is 17.7 Å². The molecule has 1 aromatic heterocycles. The molecule has 2 aromatic rings. The summed E-state index contributed by atoms with van der Waals surface area (Å²) in [5.41, 5.74) is 0.981. The van der Waals surface area contributed by atoms with Gasteiger partial charge in [0.05, 0.1) is 5.52 Å². The molecule has 0 aliphatic carbocycles. The predicted molar refractivity (Wildman–Crippen MR) is 75.0 cm³/mol. The average molecular weight is 292 g/mol. The summed E-state index contributed by atoms with van der Waals surface area (Å²) in [5, 5.41) is 19.0. The monoisotopic (exact) mass is 292 g/mol. The molecule has 0 unspecified atom stereocenters. The van der Waals surface area contributed by atoms with E-state index in [1.165, 1.54) is 4.68 Å². The first-order chi connectivity index (χ1) is 9.74. The van der Waals surface area contributed by atoms with Gasteiger partial charge in [-0.15, -0.1) is 5.10 Å². The molecule has 0 bridgehead atoms. The lowest BCUT2D eigenvalue weighted by molar-refractivity contribution is -0.137. The van der Waals surface area contributed by atoms with E-state index in [0.717, 1.165) is 0 Å². The van der Waals surface area contributed by atoms with Crippen LogP contribution >= 0.6 is 0 Å². The predicted octanol–water partition coefficient (Wildman–Crippen LogP) is 1.86. The van der Waals surface area contributed by atoms with Gasteiger partial charge in [0.25, 0.3) is 0 Å². The smallest absolute Gasteiger partial charge is 0.412 e. The number of aromatic nitrogens is 3. The fourth-order valence-corrected chi connectivity index (χ4v) is 1.72. The average Bonchev–Trinajstić information content (AvgIpc) is 2.68. The van der Waals surface area contributed by atoms with Crippen LogP contribution in [0.4, 0.5) is 10.5 Å². The highest BCUT2D eigenvalue weighted by atomic mass is 16.6. The molecule has 0 radical (unpaired) electrons. The highest BCUT2D eigenvalue weighted by Gasteiger charge is 2.16. The Labute approximate surface area is 120 Å². The summed E-state index contributed by atoms with van der Waals surface area (Å²) in [5.74, 6) is -1.00. The van der Waals surface area contributed by atoms with E-state index in [1.54, 1.807) is 39.0 Å². The minimum Gasteiger partial charge on any atom is -0.480 e. The van der Waals surface area contributed by atoms with Gasteiger partial charge in [-0.05, 0) is 39.0 Å². The molecule has 8 nitrogen and oxygen atoms in total. The lowest BCUT2D eigenvalue weighted by Crippen LogP contribution is -2.27. The molecule has 0 atom stereocenters. The highest BCUT2D eigenvalue weighted by Crippen LogP contribution is 2.18. The van der Waals surface area contributed by atoms with Crippen molar-refractivity contribution < 1.29 is 19.4 Å². The number of hydrogen-bond acceptors (Lipinski definition) is 5. The number of anilines is 1. The summed E-state index contributed by atoms with van der Waals surface area (Å²) < 4.78 is 6.42. The zero-order valence-corrected chi connectivity index (χ0v) is 12.0. The number of carboxylic acids is 1. The van der Waals surface area contributed by atoms with E-state index in [2.05, 4.69) is 15.6 Å². The van der Waals surface area contributed by atoms with Gasteiger partial charge in [-0.25, -0.2) is 9.48 Å². The highest BCUT2D eigenvalue weighted by molar-refractivity contribution is 5.88. The second-order valence-electron chi connectivity index (χ2n) is 5.47. The molecule has 1 aromatic carbocycles. The van der Waals surface area contributed by atoms with Crippen LogP contribution in [0.25, 0.3) is 11.0 Å². The lowest BCUT2D eigenvalue weighted by Gasteiger charge is -2.19. The molecular weight excluding hydrogens is 276 g/mol. The molecule has 21 heavy (non-hydrogen) atoms. The Morgan fingerprint density at radius 1 is 1.38 bits per heavy atom. The topological polar surface area (TPSA) is 106 Å². The maximum atomic E-state index is 11.7. The van der Waals surface area contributed by atoms with Crippen LogP contribution in [0.1, 0.15) is 20.8 Å². The summed E-state index contributed by atoms with van der Waals surface area (Å²) in [6.45, 7) is 5.04. The first-order valence-corrected chi connectivity index (χ1v) is 6.30. The summed E-state index contributed by atoms with van der Waals surface area (Å²) >= 11 is 0. The van der Waals surface area contributed by atoms with Crippen molar-refractivity contribution in [3.05, 3.63) is 18.2 Å². The van der Waals surface area contributed by atoms with Crippen molar-refractivity contribution >= 4 is 28.8 Å². The number of carbonyl (C=O) groups is 2. The van der Waals surface area contributed by atoms with Crippen LogP contribution in [0.5, 0.6) is 0 Å². The molecule has 112 valence electrons. The number of benzene rings is 1. The Morgan fingerprint density at radius 3 is 2.71 bits per heavy atom. The normalized spacial score (nSPS) is 11.4. The molecular formula is C13H16N4O4. The van der Waals surface area contributed by atoms with Crippen LogP contribution < -0.4 is 5.32 Å². The van der Waals surface area contributed by atoms with Crippen molar-refractivity contribution in [3.63, 3.8) is 0 Å². The van der Waals surface area contributed by atoms with E-state index in [9.17, 15) is 9.59 Å². The van der Waals surface area contributed by atoms with E-state index in [0.29, 0.717) is 16.7 Å². The van der Waals surface area contributed by atoms with Crippen LogP contribution in [0.2, 0.25) is 0 Å². The molecule has 2 rings (SSSR count). The molecule has 0 spiro atoms. The number of amides is 1. The van der Waals surface area contributed by atoms with Gasteiger partial charge in [0, 0.05) is 5.69 Å². The van der Waals surface area contributed by atoms with Gasteiger partial charge in [-0.2, -0.15) is 0 Å². The minimum absolute atomic E-state index is 0.269. The van der Waals surface area contributed by atoms with E-state index >= 15 is 0 Å². The molecule has 0 fully saturated rings. The number of ether oxygens (including phenoxy) is 1. The van der Waals surface area contributed by atoms with Crippen molar-refractivity contribution in [2.45, 2.75) is 32.9 Å². The fraction of sp³-hybridized carbons (Fsp3) is 0.385. The van der Waals surface area contributed by atoms with Crippen LogP contribution in [-0.2, 0) is 16.1 Å². The minimum atomic E-state index is -1.00. The number of hydrogen-bond donors (Lipinski definition) is 2. The standard InChI is InChI=1S/C13H16N4O4/c1-13(2,3)21-12(20)14-8-4-5-10-9(6-8)15-16-17(10)7-11(18)19/h4-6H,7H2,1-3H3,(H,14,20)(H,18,19). The number of carboxylic acid groups (broad SMARTS) is 1. The number of aliphatic carboxylic acids is 1. The molecule has 0 saturated heterocycles. The number of rotatable bonds is 3. The Morgan fingerprint density at radius 2 is 2.10 bits per heavy atom. The van der Waals surface area contributed by atoms with Crippen molar-refractivity contribution in [1.82, 2.24) is 15.0 Å². The molecule has 0 aliphatic heterocycles. The van der Waals surface area contributed by atoms with Gasteiger partial charge in [-0.1, -0.05) is 5.21 Å². The Balaban J connectivity index is 2.16. The molecule has 2 N–H and O–H groups in total. The van der Waals surface area contributed by atoms with Gasteiger partial charge in [0.1, 0.15) is 17.7 Å². The van der Waals surface area contributed by atoms with E-state index in [1.807, 2.05) is 0 Å². The third-order valence-corrected chi connectivity index (χ3v) is 2.44. The van der Waals surface area contributed by atoms with E-state index in [-0.39, 0.29) is 6.54 Å². The second-order valence-corrected chi connectivity index (χ2v) is 5.47. The third-order valence-electron chi connectivity index (χ3n) is 2.44. The Hall–Kier alpha value is -2.64. The molecule has 0 saturated carbocycles. The molecule has 0 aliphatic rings.